The summed E-state index contributed by atoms with van der Waals surface area (Å²) in [7, 11) is 0. The molecule has 0 amide bonds. The lowest BCUT2D eigenvalue weighted by Crippen LogP contribution is -2.21. The van der Waals surface area contributed by atoms with Crippen molar-refractivity contribution in [2.24, 2.45) is 0 Å². The molecule has 1 heterocycles. The minimum atomic E-state index is -0.158. The summed E-state index contributed by atoms with van der Waals surface area (Å²) in [5, 5.41) is 6.62. The molecule has 1 saturated heterocycles. The third-order valence-electron chi connectivity index (χ3n) is 2.81. The van der Waals surface area contributed by atoms with Crippen LogP contribution in [0.3, 0.4) is 0 Å². The van der Waals surface area contributed by atoms with Gasteiger partial charge in [-0.2, -0.15) is 0 Å². The second-order valence-electron chi connectivity index (χ2n) is 4.00. The number of para-hydroxylation sites is 1. The highest BCUT2D eigenvalue weighted by atomic mass is 19.1. The normalized spacial score (nSPS) is 22.1. The van der Waals surface area contributed by atoms with Crippen LogP contribution in [-0.4, -0.2) is 19.1 Å². The quantitative estimate of drug-likeness (QED) is 0.779. The van der Waals surface area contributed by atoms with Crippen LogP contribution in [0.5, 0.6) is 0 Å². The van der Waals surface area contributed by atoms with Gasteiger partial charge < -0.3 is 10.6 Å². The van der Waals surface area contributed by atoms with Crippen LogP contribution in [0.1, 0.15) is 19.3 Å². The molecule has 2 N–H and O–H groups in total. The van der Waals surface area contributed by atoms with Gasteiger partial charge in [0.1, 0.15) is 5.82 Å². The maximum atomic E-state index is 13.4. The van der Waals surface area contributed by atoms with Crippen LogP contribution in [-0.2, 0) is 0 Å². The Morgan fingerprint density at radius 2 is 2.07 bits per heavy atom. The number of halogens is 1. The van der Waals surface area contributed by atoms with Gasteiger partial charge in [0.2, 0.25) is 0 Å². The molecular weight excluding hydrogens is 191 g/mol. The molecule has 2 rings (SSSR count). The van der Waals surface area contributed by atoms with E-state index in [4.69, 9.17) is 0 Å². The number of nitrogens with one attached hydrogen (secondary N) is 2. The van der Waals surface area contributed by atoms with Crippen molar-refractivity contribution in [2.45, 2.75) is 25.3 Å². The first-order valence-corrected chi connectivity index (χ1v) is 5.58. The summed E-state index contributed by atoms with van der Waals surface area (Å²) in [6, 6.07) is 7.28. The van der Waals surface area contributed by atoms with E-state index < -0.39 is 0 Å². The van der Waals surface area contributed by atoms with Crippen LogP contribution < -0.4 is 10.6 Å². The van der Waals surface area contributed by atoms with Crippen molar-refractivity contribution < 1.29 is 4.39 Å². The Labute approximate surface area is 89.9 Å². The van der Waals surface area contributed by atoms with E-state index >= 15 is 0 Å². The fraction of sp³-hybridized carbons (Fsp3) is 0.500. The molecule has 1 aliphatic rings. The van der Waals surface area contributed by atoms with Crippen LogP contribution >= 0.6 is 0 Å². The summed E-state index contributed by atoms with van der Waals surface area (Å²) in [5.41, 5.74) is 0.629. The Bertz CT molecular complexity index is 306. The van der Waals surface area contributed by atoms with Gasteiger partial charge in [0.05, 0.1) is 5.69 Å². The van der Waals surface area contributed by atoms with Crippen molar-refractivity contribution in [2.75, 3.05) is 18.4 Å². The molecule has 1 aromatic carbocycles. The first-order valence-electron chi connectivity index (χ1n) is 5.58. The van der Waals surface area contributed by atoms with E-state index in [1.54, 1.807) is 12.1 Å². The average Bonchev–Trinajstić information content (AvgIpc) is 2.50. The Kier molecular flexibility index (Phi) is 3.56. The van der Waals surface area contributed by atoms with E-state index in [-0.39, 0.29) is 5.82 Å². The summed E-state index contributed by atoms with van der Waals surface area (Å²) in [6.07, 6.45) is 3.34. The number of hydrogen-bond donors (Lipinski definition) is 2. The Balaban J connectivity index is 1.98. The molecule has 0 radical (unpaired) electrons. The molecule has 0 aromatic heterocycles. The molecule has 3 heteroatoms. The second kappa shape index (κ2) is 5.12. The predicted molar refractivity (Wildman–Crippen MR) is 60.5 cm³/mol. The SMILES string of the molecule is Fc1ccccc1NC1CCCNCC1. The molecule has 82 valence electrons. The van der Waals surface area contributed by atoms with E-state index in [0.717, 1.165) is 32.4 Å². The fourth-order valence-electron chi connectivity index (χ4n) is 1.96. The topological polar surface area (TPSA) is 24.1 Å². The zero-order chi connectivity index (χ0) is 10.5. The Hall–Kier alpha value is -1.09. The minimum Gasteiger partial charge on any atom is -0.380 e. The van der Waals surface area contributed by atoms with Crippen LogP contribution in [0.25, 0.3) is 0 Å². The smallest absolute Gasteiger partial charge is 0.146 e. The molecule has 0 spiro atoms. The van der Waals surface area contributed by atoms with Gasteiger partial charge in [-0.15, -0.1) is 0 Å². The first kappa shape index (κ1) is 10.4. The summed E-state index contributed by atoms with van der Waals surface area (Å²) >= 11 is 0. The predicted octanol–water partition coefficient (Wildman–Crippen LogP) is 2.38. The lowest BCUT2D eigenvalue weighted by molar-refractivity contribution is 0.606. The van der Waals surface area contributed by atoms with Crippen molar-refractivity contribution >= 4 is 5.69 Å². The molecule has 1 atom stereocenters. The Morgan fingerprint density at radius 1 is 1.20 bits per heavy atom. The maximum absolute atomic E-state index is 13.4. The van der Waals surface area contributed by atoms with Crippen LogP contribution in [0.2, 0.25) is 0 Å². The molecule has 1 aliphatic heterocycles. The van der Waals surface area contributed by atoms with Crippen LogP contribution in [0.4, 0.5) is 10.1 Å². The highest BCUT2D eigenvalue weighted by Gasteiger charge is 2.12. The molecule has 2 nitrogen and oxygen atoms in total. The lowest BCUT2D eigenvalue weighted by Gasteiger charge is -2.17. The molecular formula is C12H17FN2. The third-order valence-corrected chi connectivity index (χ3v) is 2.81. The molecule has 1 unspecified atom stereocenters. The molecule has 1 aromatic rings. The number of benzene rings is 1. The second-order valence-corrected chi connectivity index (χ2v) is 4.00. The van der Waals surface area contributed by atoms with E-state index in [0.29, 0.717) is 11.7 Å². The summed E-state index contributed by atoms with van der Waals surface area (Å²) in [5.74, 6) is -0.158. The van der Waals surface area contributed by atoms with Crippen molar-refractivity contribution in [1.82, 2.24) is 5.32 Å². The van der Waals surface area contributed by atoms with Gasteiger partial charge in [-0.25, -0.2) is 4.39 Å². The van der Waals surface area contributed by atoms with Crippen molar-refractivity contribution in [1.29, 1.82) is 0 Å². The molecule has 0 aliphatic carbocycles. The monoisotopic (exact) mass is 208 g/mol. The highest BCUT2D eigenvalue weighted by Crippen LogP contribution is 2.17. The van der Waals surface area contributed by atoms with E-state index in [2.05, 4.69) is 10.6 Å². The summed E-state index contributed by atoms with van der Waals surface area (Å²) in [6.45, 7) is 2.10. The maximum Gasteiger partial charge on any atom is 0.146 e. The van der Waals surface area contributed by atoms with Crippen LogP contribution in [0.15, 0.2) is 24.3 Å². The standard InChI is InChI=1S/C12H17FN2/c13-11-5-1-2-6-12(11)15-10-4-3-8-14-9-7-10/h1-2,5-6,10,14-15H,3-4,7-9H2. The van der Waals surface area contributed by atoms with Gasteiger partial charge in [0.25, 0.3) is 0 Å². The van der Waals surface area contributed by atoms with Gasteiger partial charge in [-0.05, 0) is 44.5 Å². The molecule has 0 bridgehead atoms. The molecule has 15 heavy (non-hydrogen) atoms. The van der Waals surface area contributed by atoms with Crippen molar-refractivity contribution in [3.8, 4) is 0 Å². The summed E-state index contributed by atoms with van der Waals surface area (Å²) in [4.78, 5) is 0. The number of hydrogen-bond acceptors (Lipinski definition) is 2. The van der Waals surface area contributed by atoms with E-state index in [1.165, 1.54) is 6.07 Å². The lowest BCUT2D eigenvalue weighted by atomic mass is 10.1. The number of anilines is 1. The number of rotatable bonds is 2. The van der Waals surface area contributed by atoms with Crippen molar-refractivity contribution in [3.05, 3.63) is 30.1 Å². The zero-order valence-corrected chi connectivity index (χ0v) is 8.80. The van der Waals surface area contributed by atoms with Gasteiger partial charge in [-0.1, -0.05) is 12.1 Å². The molecule has 1 fully saturated rings. The fourth-order valence-corrected chi connectivity index (χ4v) is 1.96. The largest absolute Gasteiger partial charge is 0.380 e. The van der Waals surface area contributed by atoms with E-state index in [1.807, 2.05) is 6.07 Å². The summed E-state index contributed by atoms with van der Waals surface area (Å²) < 4.78 is 13.4. The molecule has 0 saturated carbocycles. The van der Waals surface area contributed by atoms with Crippen molar-refractivity contribution in [3.63, 3.8) is 0 Å². The van der Waals surface area contributed by atoms with Gasteiger partial charge in [0, 0.05) is 6.04 Å². The highest BCUT2D eigenvalue weighted by molar-refractivity contribution is 5.45. The first-order chi connectivity index (χ1) is 7.36. The zero-order valence-electron chi connectivity index (χ0n) is 8.80. The van der Waals surface area contributed by atoms with Gasteiger partial charge in [-0.3, -0.25) is 0 Å². The third kappa shape index (κ3) is 2.93. The average molecular weight is 208 g/mol. The minimum absolute atomic E-state index is 0.158. The van der Waals surface area contributed by atoms with Gasteiger partial charge >= 0.3 is 0 Å². The van der Waals surface area contributed by atoms with Gasteiger partial charge in [0.15, 0.2) is 0 Å². The Morgan fingerprint density at radius 3 is 2.93 bits per heavy atom. The van der Waals surface area contributed by atoms with Crippen LogP contribution in [0, 0.1) is 5.82 Å². The van der Waals surface area contributed by atoms with E-state index in [9.17, 15) is 4.39 Å².